The van der Waals surface area contributed by atoms with Crippen LogP contribution in [0, 0.1) is 0 Å². The van der Waals surface area contributed by atoms with Crippen LogP contribution in [0.2, 0.25) is 0 Å². The number of fused-ring (bicyclic) bond motifs is 1. The summed E-state index contributed by atoms with van der Waals surface area (Å²) in [6.45, 7) is 4.24. The SMILES string of the molecule is CCOc1ccccc1C1C(C(=O)Nc2cccnc2)=C(C)Nc2nc(-c3cc(OC)cc(OC)c3)nn21. The van der Waals surface area contributed by atoms with Gasteiger partial charge in [-0.05, 0) is 44.2 Å². The van der Waals surface area contributed by atoms with E-state index in [1.807, 2.05) is 50.2 Å². The number of rotatable bonds is 8. The van der Waals surface area contributed by atoms with Gasteiger partial charge in [0.1, 0.15) is 23.3 Å². The average molecular weight is 513 g/mol. The third-order valence-corrected chi connectivity index (χ3v) is 6.14. The second-order valence-electron chi connectivity index (χ2n) is 8.54. The number of aromatic nitrogens is 4. The first-order valence-corrected chi connectivity index (χ1v) is 12.1. The molecular weight excluding hydrogens is 484 g/mol. The highest BCUT2D eigenvalue weighted by Crippen LogP contribution is 2.40. The summed E-state index contributed by atoms with van der Waals surface area (Å²) < 4.78 is 18.5. The van der Waals surface area contributed by atoms with Gasteiger partial charge in [-0.15, -0.1) is 5.10 Å². The fraction of sp³-hybridized carbons (Fsp3) is 0.214. The van der Waals surface area contributed by atoms with Gasteiger partial charge in [-0.1, -0.05) is 18.2 Å². The molecule has 0 fully saturated rings. The van der Waals surface area contributed by atoms with E-state index < -0.39 is 6.04 Å². The third kappa shape index (κ3) is 4.75. The largest absolute Gasteiger partial charge is 0.497 e. The molecule has 10 heteroatoms. The predicted octanol–water partition coefficient (Wildman–Crippen LogP) is 4.68. The lowest BCUT2D eigenvalue weighted by atomic mass is 9.94. The van der Waals surface area contributed by atoms with Crippen LogP contribution in [0.15, 0.2) is 78.3 Å². The van der Waals surface area contributed by atoms with Crippen LogP contribution >= 0.6 is 0 Å². The summed E-state index contributed by atoms with van der Waals surface area (Å²) in [5, 5.41) is 11.1. The summed E-state index contributed by atoms with van der Waals surface area (Å²) in [5.74, 6) is 2.55. The van der Waals surface area contributed by atoms with Crippen molar-refractivity contribution in [3.8, 4) is 28.6 Å². The number of anilines is 2. The molecule has 1 atom stereocenters. The standard InChI is InChI=1S/C28H28N6O4/c1-5-38-23-11-7-6-10-22(23)25-24(27(35)31-19-9-8-12-29-16-19)17(2)30-28-32-26(33-34(25)28)18-13-20(36-3)15-21(14-18)37-4/h6-16,25H,5H2,1-4H3,(H,31,35)(H,30,32,33). The topological polar surface area (TPSA) is 112 Å². The van der Waals surface area contributed by atoms with E-state index in [1.165, 1.54) is 0 Å². The molecule has 0 saturated heterocycles. The Labute approximate surface area is 220 Å². The van der Waals surface area contributed by atoms with Crippen LogP contribution in [0.3, 0.4) is 0 Å². The number of hydrogen-bond donors (Lipinski definition) is 2. The Morgan fingerprint density at radius 2 is 1.84 bits per heavy atom. The molecule has 5 rings (SSSR count). The number of allylic oxidation sites excluding steroid dienone is 1. The van der Waals surface area contributed by atoms with Crippen molar-refractivity contribution in [1.82, 2.24) is 19.7 Å². The lowest BCUT2D eigenvalue weighted by molar-refractivity contribution is -0.113. The van der Waals surface area contributed by atoms with E-state index in [4.69, 9.17) is 24.3 Å². The number of nitrogens with one attached hydrogen (secondary N) is 2. The Balaban J connectivity index is 1.64. The zero-order valence-electron chi connectivity index (χ0n) is 21.6. The van der Waals surface area contributed by atoms with Gasteiger partial charge in [0.25, 0.3) is 5.91 Å². The van der Waals surface area contributed by atoms with Crippen molar-refractivity contribution in [3.63, 3.8) is 0 Å². The molecule has 1 aliphatic heterocycles. The lowest BCUT2D eigenvalue weighted by Crippen LogP contribution is -2.31. The van der Waals surface area contributed by atoms with Gasteiger partial charge in [0.15, 0.2) is 5.82 Å². The fourth-order valence-corrected chi connectivity index (χ4v) is 4.42. The first kappa shape index (κ1) is 24.8. The maximum Gasteiger partial charge on any atom is 0.255 e. The van der Waals surface area contributed by atoms with Gasteiger partial charge in [-0.2, -0.15) is 4.98 Å². The number of benzene rings is 2. The van der Waals surface area contributed by atoms with Crippen LogP contribution in [0.5, 0.6) is 17.2 Å². The Kier molecular flexibility index (Phi) is 6.94. The highest BCUT2D eigenvalue weighted by molar-refractivity contribution is 6.06. The summed E-state index contributed by atoms with van der Waals surface area (Å²) in [7, 11) is 3.18. The van der Waals surface area contributed by atoms with Gasteiger partial charge < -0.3 is 24.8 Å². The van der Waals surface area contributed by atoms with E-state index in [-0.39, 0.29) is 5.91 Å². The van der Waals surface area contributed by atoms with Crippen LogP contribution in [-0.2, 0) is 4.79 Å². The molecular formula is C28H28N6O4. The molecule has 2 aromatic carbocycles. The van der Waals surface area contributed by atoms with E-state index in [1.54, 1.807) is 49.5 Å². The Morgan fingerprint density at radius 1 is 1.08 bits per heavy atom. The number of pyridine rings is 1. The summed E-state index contributed by atoms with van der Waals surface area (Å²) in [6.07, 6.45) is 3.25. The van der Waals surface area contributed by atoms with Crippen molar-refractivity contribution in [2.24, 2.45) is 0 Å². The molecule has 1 unspecified atom stereocenters. The highest BCUT2D eigenvalue weighted by atomic mass is 16.5. The second kappa shape index (κ2) is 10.6. The summed E-state index contributed by atoms with van der Waals surface area (Å²) in [5.41, 5.74) is 3.21. The lowest BCUT2D eigenvalue weighted by Gasteiger charge is -2.29. The van der Waals surface area contributed by atoms with Crippen molar-refractivity contribution in [2.75, 3.05) is 31.5 Å². The van der Waals surface area contributed by atoms with Gasteiger partial charge in [0.05, 0.1) is 38.3 Å². The summed E-state index contributed by atoms with van der Waals surface area (Å²) >= 11 is 0. The summed E-state index contributed by atoms with van der Waals surface area (Å²) in [6, 6.07) is 16.0. The fourth-order valence-electron chi connectivity index (χ4n) is 4.42. The average Bonchev–Trinajstić information content (AvgIpc) is 3.36. The minimum Gasteiger partial charge on any atom is -0.497 e. The predicted molar refractivity (Wildman–Crippen MR) is 144 cm³/mol. The van der Waals surface area contributed by atoms with Crippen LogP contribution < -0.4 is 24.8 Å². The van der Waals surface area contributed by atoms with E-state index in [0.29, 0.717) is 58.1 Å². The van der Waals surface area contributed by atoms with Crippen molar-refractivity contribution in [1.29, 1.82) is 0 Å². The van der Waals surface area contributed by atoms with Crippen molar-refractivity contribution < 1.29 is 19.0 Å². The molecule has 2 aromatic heterocycles. The molecule has 0 bridgehead atoms. The van der Waals surface area contributed by atoms with Gasteiger partial charge >= 0.3 is 0 Å². The first-order valence-electron chi connectivity index (χ1n) is 12.1. The number of ether oxygens (including phenoxy) is 3. The van der Waals surface area contributed by atoms with Crippen LogP contribution in [-0.4, -0.2) is 46.5 Å². The molecule has 1 aliphatic rings. The van der Waals surface area contributed by atoms with Crippen LogP contribution in [0.1, 0.15) is 25.5 Å². The quantitative estimate of drug-likeness (QED) is 0.350. The third-order valence-electron chi connectivity index (χ3n) is 6.14. The van der Waals surface area contributed by atoms with Crippen LogP contribution in [0.25, 0.3) is 11.4 Å². The second-order valence-corrected chi connectivity index (χ2v) is 8.54. The number of methoxy groups -OCH3 is 2. The van der Waals surface area contributed by atoms with Gasteiger partial charge in [0.2, 0.25) is 5.95 Å². The van der Waals surface area contributed by atoms with Crippen molar-refractivity contribution >= 4 is 17.5 Å². The molecule has 4 aromatic rings. The number of amides is 1. The molecule has 0 spiro atoms. The molecule has 194 valence electrons. The maximum absolute atomic E-state index is 13.7. The van der Waals surface area contributed by atoms with Gasteiger partial charge in [-0.25, -0.2) is 4.68 Å². The Morgan fingerprint density at radius 3 is 2.53 bits per heavy atom. The molecule has 3 heterocycles. The summed E-state index contributed by atoms with van der Waals surface area (Å²) in [4.78, 5) is 22.6. The smallest absolute Gasteiger partial charge is 0.255 e. The highest BCUT2D eigenvalue weighted by Gasteiger charge is 2.36. The molecule has 0 aliphatic carbocycles. The van der Waals surface area contributed by atoms with E-state index >= 15 is 0 Å². The molecule has 1 amide bonds. The first-order chi connectivity index (χ1) is 18.5. The number of para-hydroxylation sites is 1. The normalized spacial score (nSPS) is 14.4. The molecule has 10 nitrogen and oxygen atoms in total. The minimum absolute atomic E-state index is 0.287. The number of hydrogen-bond acceptors (Lipinski definition) is 8. The molecule has 0 radical (unpaired) electrons. The molecule has 0 saturated carbocycles. The minimum atomic E-state index is -0.612. The number of nitrogens with zero attached hydrogens (tertiary/aromatic N) is 4. The van der Waals surface area contributed by atoms with Crippen molar-refractivity contribution in [2.45, 2.75) is 19.9 Å². The Bertz CT molecular complexity index is 1480. The number of carbonyl (C=O) groups excluding carboxylic acids is 1. The van der Waals surface area contributed by atoms with Crippen LogP contribution in [0.4, 0.5) is 11.6 Å². The van der Waals surface area contributed by atoms with Crippen molar-refractivity contribution in [3.05, 3.63) is 83.8 Å². The zero-order valence-corrected chi connectivity index (χ0v) is 21.6. The zero-order chi connectivity index (χ0) is 26.6. The Hall–Kier alpha value is -4.86. The molecule has 38 heavy (non-hydrogen) atoms. The van der Waals surface area contributed by atoms with Gasteiger partial charge in [-0.3, -0.25) is 9.78 Å². The molecule has 2 N–H and O–H groups in total. The number of carbonyl (C=O) groups is 1. The van der Waals surface area contributed by atoms with Gasteiger partial charge in [0, 0.05) is 29.1 Å². The monoisotopic (exact) mass is 512 g/mol. The van der Waals surface area contributed by atoms with E-state index in [9.17, 15) is 4.79 Å². The van der Waals surface area contributed by atoms with E-state index in [2.05, 4.69) is 15.6 Å². The maximum atomic E-state index is 13.7. The van der Waals surface area contributed by atoms with E-state index in [0.717, 1.165) is 5.56 Å².